The van der Waals surface area contributed by atoms with E-state index in [1.165, 1.54) is 15.9 Å². The lowest BCUT2D eigenvalue weighted by molar-refractivity contribution is 0.426. The van der Waals surface area contributed by atoms with Crippen molar-refractivity contribution in [3.05, 3.63) is 53.2 Å². The van der Waals surface area contributed by atoms with Crippen LogP contribution in [0.2, 0.25) is 0 Å². The molecule has 3 rings (SSSR count). The molecule has 0 N–H and O–H groups in total. The standard InChI is InChI=1S/C11H6BrNO3S2/c12-8-2-1-6(18-8)5-13-7-3-4-17-9(7)10(14)16-11(13)15/h1-4H,5H2. The molecule has 0 spiro atoms. The van der Waals surface area contributed by atoms with Gasteiger partial charge < -0.3 is 4.42 Å². The first kappa shape index (κ1) is 11.9. The maximum atomic E-state index is 11.8. The molecule has 0 fully saturated rings. The first-order chi connectivity index (χ1) is 8.65. The van der Waals surface area contributed by atoms with Gasteiger partial charge >= 0.3 is 11.4 Å². The number of rotatable bonds is 2. The molecule has 3 aromatic heterocycles. The van der Waals surface area contributed by atoms with E-state index in [2.05, 4.69) is 15.9 Å². The summed E-state index contributed by atoms with van der Waals surface area (Å²) in [5.74, 6) is -0.615. The Morgan fingerprint density at radius 3 is 2.83 bits per heavy atom. The minimum atomic E-state index is -0.615. The zero-order valence-electron chi connectivity index (χ0n) is 8.88. The van der Waals surface area contributed by atoms with Gasteiger partial charge in [-0.2, -0.15) is 0 Å². The van der Waals surface area contributed by atoms with Crippen LogP contribution in [0.15, 0.2) is 41.4 Å². The van der Waals surface area contributed by atoms with Crippen molar-refractivity contribution in [1.29, 1.82) is 0 Å². The summed E-state index contributed by atoms with van der Waals surface area (Å²) in [4.78, 5) is 24.3. The van der Waals surface area contributed by atoms with Gasteiger partial charge in [-0.05, 0) is 39.5 Å². The Bertz CT molecular complexity index is 827. The Balaban J connectivity index is 2.20. The van der Waals surface area contributed by atoms with E-state index in [0.29, 0.717) is 16.8 Å². The monoisotopic (exact) mass is 343 g/mol. The third kappa shape index (κ3) is 1.98. The molecule has 0 unspecified atom stereocenters. The van der Waals surface area contributed by atoms with Crippen molar-refractivity contribution >= 4 is 48.8 Å². The predicted molar refractivity (Wildman–Crippen MR) is 75.7 cm³/mol. The minimum absolute atomic E-state index is 0.409. The number of nitrogens with zero attached hydrogens (tertiary/aromatic N) is 1. The number of fused-ring (bicyclic) bond motifs is 1. The Morgan fingerprint density at radius 2 is 2.11 bits per heavy atom. The van der Waals surface area contributed by atoms with Gasteiger partial charge in [0.25, 0.3) is 0 Å². The summed E-state index contributed by atoms with van der Waals surface area (Å²) in [6.07, 6.45) is 0. The molecule has 3 heterocycles. The summed E-state index contributed by atoms with van der Waals surface area (Å²) in [7, 11) is 0. The van der Waals surface area contributed by atoms with Gasteiger partial charge in [-0.3, -0.25) is 4.57 Å². The van der Waals surface area contributed by atoms with E-state index in [1.54, 1.807) is 22.8 Å². The van der Waals surface area contributed by atoms with Gasteiger partial charge in [-0.15, -0.1) is 22.7 Å². The lowest BCUT2D eigenvalue weighted by atomic mass is 10.4. The molecule has 7 heteroatoms. The average molecular weight is 344 g/mol. The van der Waals surface area contributed by atoms with Crippen molar-refractivity contribution in [3.8, 4) is 0 Å². The summed E-state index contributed by atoms with van der Waals surface area (Å²) in [6, 6.07) is 5.63. The summed E-state index contributed by atoms with van der Waals surface area (Å²) in [6.45, 7) is 0.409. The van der Waals surface area contributed by atoms with Crippen LogP contribution < -0.4 is 11.4 Å². The van der Waals surface area contributed by atoms with Crippen molar-refractivity contribution in [2.24, 2.45) is 0 Å². The third-order valence-electron chi connectivity index (χ3n) is 2.46. The predicted octanol–water partition coefficient (Wildman–Crippen LogP) is 2.89. The van der Waals surface area contributed by atoms with E-state index in [1.807, 2.05) is 12.1 Å². The zero-order chi connectivity index (χ0) is 12.7. The molecular formula is C11H6BrNO3S2. The molecule has 0 radical (unpaired) electrons. The molecule has 0 aliphatic heterocycles. The second kappa shape index (κ2) is 4.49. The number of aromatic nitrogens is 1. The lowest BCUT2D eigenvalue weighted by Gasteiger charge is -2.03. The van der Waals surface area contributed by atoms with Crippen molar-refractivity contribution in [2.45, 2.75) is 6.54 Å². The molecule has 0 bridgehead atoms. The first-order valence-corrected chi connectivity index (χ1v) is 7.49. The summed E-state index contributed by atoms with van der Waals surface area (Å²) in [5, 5.41) is 1.78. The van der Waals surface area contributed by atoms with Gasteiger partial charge in [-0.1, -0.05) is 0 Å². The number of hydrogen-bond donors (Lipinski definition) is 0. The fourth-order valence-corrected chi connectivity index (χ4v) is 3.93. The second-order valence-electron chi connectivity index (χ2n) is 3.58. The fraction of sp³-hybridized carbons (Fsp3) is 0.0909. The maximum absolute atomic E-state index is 11.8. The summed E-state index contributed by atoms with van der Waals surface area (Å²) in [5.41, 5.74) is 0.0689. The van der Waals surface area contributed by atoms with Crippen LogP contribution in [0.4, 0.5) is 0 Å². The van der Waals surface area contributed by atoms with E-state index in [9.17, 15) is 9.59 Å². The van der Waals surface area contributed by atoms with Crippen LogP contribution in [-0.4, -0.2) is 4.57 Å². The van der Waals surface area contributed by atoms with Gasteiger partial charge in [0.15, 0.2) is 0 Å². The van der Waals surface area contributed by atoms with E-state index in [0.717, 1.165) is 8.66 Å². The van der Waals surface area contributed by atoms with Crippen LogP contribution in [0.1, 0.15) is 4.88 Å². The van der Waals surface area contributed by atoms with Crippen molar-refractivity contribution in [2.75, 3.05) is 0 Å². The molecular weight excluding hydrogens is 338 g/mol. The van der Waals surface area contributed by atoms with E-state index in [4.69, 9.17) is 4.42 Å². The molecule has 0 aliphatic carbocycles. The van der Waals surface area contributed by atoms with Crippen LogP contribution in [0.25, 0.3) is 10.2 Å². The summed E-state index contributed by atoms with van der Waals surface area (Å²) < 4.78 is 7.67. The molecule has 0 saturated carbocycles. The normalized spacial score (nSPS) is 11.2. The summed E-state index contributed by atoms with van der Waals surface area (Å²) >= 11 is 6.21. The van der Waals surface area contributed by atoms with Gasteiger partial charge in [0.2, 0.25) is 0 Å². The van der Waals surface area contributed by atoms with Crippen LogP contribution >= 0.6 is 38.6 Å². The van der Waals surface area contributed by atoms with Gasteiger partial charge in [0.05, 0.1) is 15.8 Å². The van der Waals surface area contributed by atoms with Gasteiger partial charge in [0, 0.05) is 4.88 Å². The molecule has 0 aromatic carbocycles. The van der Waals surface area contributed by atoms with E-state index < -0.39 is 11.4 Å². The molecule has 18 heavy (non-hydrogen) atoms. The van der Waals surface area contributed by atoms with Crippen LogP contribution in [0, 0.1) is 0 Å². The lowest BCUT2D eigenvalue weighted by Crippen LogP contribution is -2.24. The van der Waals surface area contributed by atoms with E-state index >= 15 is 0 Å². The highest BCUT2D eigenvalue weighted by atomic mass is 79.9. The Hall–Kier alpha value is -1.18. The molecule has 4 nitrogen and oxygen atoms in total. The Kier molecular flexibility index (Phi) is 2.96. The third-order valence-corrected chi connectivity index (χ3v) is 4.96. The molecule has 0 aliphatic rings. The van der Waals surface area contributed by atoms with Crippen LogP contribution in [0.3, 0.4) is 0 Å². The Morgan fingerprint density at radius 1 is 1.28 bits per heavy atom. The fourth-order valence-electron chi connectivity index (χ4n) is 1.69. The smallest absolute Gasteiger partial charge is 0.371 e. The van der Waals surface area contributed by atoms with Crippen LogP contribution in [0.5, 0.6) is 0 Å². The number of halogens is 1. The SMILES string of the molecule is O=c1oc(=O)n(Cc2ccc(Br)s2)c2ccsc12. The van der Waals surface area contributed by atoms with Crippen molar-refractivity contribution < 1.29 is 4.42 Å². The maximum Gasteiger partial charge on any atom is 0.422 e. The van der Waals surface area contributed by atoms with Crippen molar-refractivity contribution in [3.63, 3.8) is 0 Å². The molecule has 0 amide bonds. The average Bonchev–Trinajstić information content (AvgIpc) is 2.93. The minimum Gasteiger partial charge on any atom is -0.371 e. The topological polar surface area (TPSA) is 52.2 Å². The number of hydrogen-bond acceptors (Lipinski definition) is 5. The van der Waals surface area contributed by atoms with Gasteiger partial charge in [0.1, 0.15) is 4.70 Å². The largest absolute Gasteiger partial charge is 0.422 e. The highest BCUT2D eigenvalue weighted by Gasteiger charge is 2.11. The molecule has 3 aromatic rings. The van der Waals surface area contributed by atoms with Crippen molar-refractivity contribution in [1.82, 2.24) is 4.57 Å². The molecule has 0 saturated heterocycles. The Labute approximate surface area is 117 Å². The molecule has 0 atom stereocenters. The highest BCUT2D eigenvalue weighted by molar-refractivity contribution is 9.11. The van der Waals surface area contributed by atoms with Crippen LogP contribution in [-0.2, 0) is 6.54 Å². The van der Waals surface area contributed by atoms with E-state index in [-0.39, 0.29) is 0 Å². The first-order valence-electron chi connectivity index (χ1n) is 5.00. The zero-order valence-corrected chi connectivity index (χ0v) is 12.1. The molecule has 92 valence electrons. The number of thiophene rings is 2. The van der Waals surface area contributed by atoms with Gasteiger partial charge in [-0.25, -0.2) is 9.59 Å². The quantitative estimate of drug-likeness (QED) is 0.718. The second-order valence-corrected chi connectivity index (χ2v) is 7.05. The highest BCUT2D eigenvalue weighted by Crippen LogP contribution is 2.23.